The first kappa shape index (κ1) is 11.8. The van der Waals surface area contributed by atoms with Gasteiger partial charge in [-0.25, -0.2) is 0 Å². The molecule has 1 heterocycles. The molecule has 0 aliphatic heterocycles. The monoisotopic (exact) mass is 254 g/mol. The molecule has 1 aliphatic rings. The van der Waals surface area contributed by atoms with Crippen LogP contribution in [0.2, 0.25) is 0 Å². The van der Waals surface area contributed by atoms with E-state index in [1.54, 1.807) is 18.2 Å². The second-order valence-electron chi connectivity index (χ2n) is 4.79. The van der Waals surface area contributed by atoms with Crippen molar-refractivity contribution in [2.24, 2.45) is 5.92 Å². The maximum atomic E-state index is 12.1. The van der Waals surface area contributed by atoms with Gasteiger partial charge in [-0.15, -0.1) is 0 Å². The van der Waals surface area contributed by atoms with Crippen LogP contribution in [0.25, 0.3) is 16.5 Å². The highest BCUT2D eigenvalue weighted by molar-refractivity contribution is 5.81. The van der Waals surface area contributed by atoms with Crippen LogP contribution in [0.3, 0.4) is 0 Å². The molecule has 3 rings (SSSR count). The molecular weight excluding hydrogens is 240 g/mol. The average molecular weight is 254 g/mol. The molecule has 3 heteroatoms. The van der Waals surface area contributed by atoms with Crippen LogP contribution in [0.15, 0.2) is 51.7 Å². The number of rotatable bonds is 1. The minimum absolute atomic E-state index is 0.222. The van der Waals surface area contributed by atoms with Gasteiger partial charge in [-0.1, -0.05) is 37.3 Å². The molecule has 1 atom stereocenters. The molecule has 0 saturated heterocycles. The van der Waals surface area contributed by atoms with E-state index in [1.165, 1.54) is 0 Å². The van der Waals surface area contributed by atoms with Gasteiger partial charge in [-0.05, 0) is 24.5 Å². The summed E-state index contributed by atoms with van der Waals surface area (Å²) in [6.45, 7) is 2.05. The summed E-state index contributed by atoms with van der Waals surface area (Å²) in [5, 5.41) is 10.5. The number of para-hydroxylation sites is 1. The maximum Gasteiger partial charge on any atom is 0.235 e. The first-order valence-corrected chi connectivity index (χ1v) is 6.30. The number of benzene rings is 1. The lowest BCUT2D eigenvalue weighted by atomic mass is 9.91. The molecule has 1 aromatic heterocycles. The Bertz CT molecular complexity index is 750. The van der Waals surface area contributed by atoms with Crippen molar-refractivity contribution in [3.63, 3.8) is 0 Å². The Morgan fingerprint density at radius 2 is 2.11 bits per heavy atom. The SMILES string of the molecule is CC1CC=CC=C1c1oc2ccccc2c(=O)c1O. The van der Waals surface area contributed by atoms with Crippen molar-refractivity contribution < 1.29 is 9.52 Å². The van der Waals surface area contributed by atoms with Crippen LogP contribution in [0.1, 0.15) is 19.1 Å². The Morgan fingerprint density at radius 3 is 2.89 bits per heavy atom. The molecule has 1 N–H and O–H groups in total. The van der Waals surface area contributed by atoms with E-state index < -0.39 is 0 Å². The Labute approximate surface area is 110 Å². The second kappa shape index (κ2) is 4.43. The molecule has 1 aliphatic carbocycles. The third kappa shape index (κ3) is 1.87. The van der Waals surface area contributed by atoms with Crippen LogP contribution in [0, 0.1) is 5.92 Å². The Balaban J connectivity index is 2.30. The van der Waals surface area contributed by atoms with Gasteiger partial charge >= 0.3 is 0 Å². The summed E-state index contributed by atoms with van der Waals surface area (Å²) in [4.78, 5) is 12.1. The molecule has 19 heavy (non-hydrogen) atoms. The molecule has 2 aromatic rings. The van der Waals surface area contributed by atoms with Crippen molar-refractivity contribution >= 4 is 16.5 Å². The molecular formula is C16H14O3. The topological polar surface area (TPSA) is 50.4 Å². The van der Waals surface area contributed by atoms with Gasteiger partial charge in [0.2, 0.25) is 11.2 Å². The van der Waals surface area contributed by atoms with Crippen LogP contribution in [-0.4, -0.2) is 5.11 Å². The van der Waals surface area contributed by atoms with Crippen LogP contribution in [0.4, 0.5) is 0 Å². The summed E-state index contributed by atoms with van der Waals surface area (Å²) in [5.41, 5.74) is 0.991. The zero-order valence-electron chi connectivity index (χ0n) is 10.6. The summed E-state index contributed by atoms with van der Waals surface area (Å²) in [5.74, 6) is 0.216. The zero-order valence-corrected chi connectivity index (χ0v) is 10.6. The number of aromatic hydroxyl groups is 1. The summed E-state index contributed by atoms with van der Waals surface area (Å²) in [6, 6.07) is 6.96. The normalized spacial score (nSPS) is 18.6. The molecule has 3 nitrogen and oxygen atoms in total. The average Bonchev–Trinajstić information content (AvgIpc) is 2.44. The molecule has 1 aromatic carbocycles. The van der Waals surface area contributed by atoms with Gasteiger partial charge in [0.05, 0.1) is 5.39 Å². The predicted octanol–water partition coefficient (Wildman–Crippen LogP) is 3.48. The highest BCUT2D eigenvalue weighted by Crippen LogP contribution is 2.34. The van der Waals surface area contributed by atoms with E-state index in [2.05, 4.69) is 6.08 Å². The van der Waals surface area contributed by atoms with Crippen molar-refractivity contribution in [3.05, 3.63) is 58.5 Å². The molecule has 0 saturated carbocycles. The molecule has 0 bridgehead atoms. The fourth-order valence-electron chi connectivity index (χ4n) is 2.37. The molecule has 0 radical (unpaired) electrons. The Kier molecular flexibility index (Phi) is 2.75. The van der Waals surface area contributed by atoms with Gasteiger partial charge < -0.3 is 9.52 Å². The number of fused-ring (bicyclic) bond motifs is 1. The summed E-state index contributed by atoms with van der Waals surface area (Å²) in [7, 11) is 0. The fraction of sp³-hybridized carbons (Fsp3) is 0.188. The molecule has 1 unspecified atom stereocenters. The Hall–Kier alpha value is -2.29. The van der Waals surface area contributed by atoms with Crippen molar-refractivity contribution in [1.82, 2.24) is 0 Å². The largest absolute Gasteiger partial charge is 0.502 e. The number of hydrogen-bond donors (Lipinski definition) is 1. The van der Waals surface area contributed by atoms with Gasteiger partial charge in [0.25, 0.3) is 0 Å². The fourth-order valence-corrected chi connectivity index (χ4v) is 2.37. The van der Waals surface area contributed by atoms with Crippen molar-refractivity contribution in [3.8, 4) is 5.75 Å². The van der Waals surface area contributed by atoms with Gasteiger partial charge in [0, 0.05) is 5.57 Å². The maximum absolute atomic E-state index is 12.1. The Morgan fingerprint density at radius 1 is 1.32 bits per heavy atom. The number of hydrogen-bond acceptors (Lipinski definition) is 3. The van der Waals surface area contributed by atoms with E-state index in [-0.39, 0.29) is 17.1 Å². The lowest BCUT2D eigenvalue weighted by Crippen LogP contribution is -2.07. The van der Waals surface area contributed by atoms with Crippen molar-refractivity contribution in [2.75, 3.05) is 0 Å². The first-order chi connectivity index (χ1) is 9.18. The van der Waals surface area contributed by atoms with Crippen LogP contribution in [-0.2, 0) is 0 Å². The van der Waals surface area contributed by atoms with E-state index in [0.717, 1.165) is 12.0 Å². The van der Waals surface area contributed by atoms with Crippen molar-refractivity contribution in [1.29, 1.82) is 0 Å². The minimum atomic E-state index is -0.375. The highest BCUT2D eigenvalue weighted by atomic mass is 16.4. The third-order valence-electron chi connectivity index (χ3n) is 3.47. The molecule has 0 spiro atoms. The summed E-state index contributed by atoms with van der Waals surface area (Å²) in [6.07, 6.45) is 6.75. The smallest absolute Gasteiger partial charge is 0.235 e. The molecule has 0 fully saturated rings. The number of allylic oxidation sites excluding steroid dienone is 4. The quantitative estimate of drug-likeness (QED) is 0.847. The van der Waals surface area contributed by atoms with E-state index in [0.29, 0.717) is 16.7 Å². The zero-order chi connectivity index (χ0) is 13.4. The third-order valence-corrected chi connectivity index (χ3v) is 3.47. The lowest BCUT2D eigenvalue weighted by molar-refractivity contribution is 0.432. The summed E-state index contributed by atoms with van der Waals surface area (Å²) < 4.78 is 5.73. The predicted molar refractivity (Wildman–Crippen MR) is 75.0 cm³/mol. The van der Waals surface area contributed by atoms with Crippen LogP contribution < -0.4 is 5.43 Å². The van der Waals surface area contributed by atoms with Gasteiger partial charge in [-0.3, -0.25) is 4.79 Å². The van der Waals surface area contributed by atoms with E-state index in [1.807, 2.05) is 25.1 Å². The van der Waals surface area contributed by atoms with E-state index >= 15 is 0 Å². The highest BCUT2D eigenvalue weighted by Gasteiger charge is 2.21. The lowest BCUT2D eigenvalue weighted by Gasteiger charge is -2.17. The van der Waals surface area contributed by atoms with Crippen LogP contribution >= 0.6 is 0 Å². The van der Waals surface area contributed by atoms with Gasteiger partial charge in [0.15, 0.2) is 5.76 Å². The summed E-state index contributed by atoms with van der Waals surface area (Å²) >= 11 is 0. The molecule has 0 amide bonds. The van der Waals surface area contributed by atoms with Crippen LogP contribution in [0.5, 0.6) is 5.75 Å². The second-order valence-corrected chi connectivity index (χ2v) is 4.79. The molecule has 96 valence electrons. The van der Waals surface area contributed by atoms with E-state index in [9.17, 15) is 9.90 Å². The van der Waals surface area contributed by atoms with Gasteiger partial charge in [0.1, 0.15) is 5.58 Å². The first-order valence-electron chi connectivity index (χ1n) is 6.30. The minimum Gasteiger partial charge on any atom is -0.502 e. The van der Waals surface area contributed by atoms with E-state index in [4.69, 9.17) is 4.42 Å². The van der Waals surface area contributed by atoms with Gasteiger partial charge in [-0.2, -0.15) is 0 Å². The van der Waals surface area contributed by atoms with Crippen molar-refractivity contribution in [2.45, 2.75) is 13.3 Å². The standard InChI is InChI=1S/C16H14O3/c1-10-6-2-3-7-11(10)16-15(18)14(17)12-8-4-5-9-13(12)19-16/h2-5,7-10,18H,6H2,1H3.